The maximum Gasteiger partial charge on any atom is 0.178 e. The molecule has 1 heterocycles. The Morgan fingerprint density at radius 3 is 2.50 bits per heavy atom. The van der Waals surface area contributed by atoms with Gasteiger partial charge in [0.1, 0.15) is 0 Å². The quantitative estimate of drug-likeness (QED) is 0.656. The molecule has 0 radical (unpaired) electrons. The molecule has 2 nitrogen and oxygen atoms in total. The largest absolute Gasteiger partial charge is 0.331 e. The smallest absolute Gasteiger partial charge is 0.178 e. The lowest BCUT2D eigenvalue weighted by Crippen LogP contribution is -1.99. The molecule has 3 rings (SSSR count). The van der Waals surface area contributed by atoms with Crippen molar-refractivity contribution in [2.45, 2.75) is 19.9 Å². The molecule has 3 aromatic rings. The molecular weight excluding hydrogens is 332 g/mol. The summed E-state index contributed by atoms with van der Waals surface area (Å²) in [6.07, 6.45) is 1.07. The third-order valence-corrected chi connectivity index (χ3v) is 4.32. The van der Waals surface area contributed by atoms with E-state index in [1.54, 1.807) is 0 Å². The van der Waals surface area contributed by atoms with Crippen molar-refractivity contribution in [3.63, 3.8) is 0 Å². The highest BCUT2D eigenvalue weighted by Crippen LogP contribution is 2.21. The van der Waals surface area contributed by atoms with Gasteiger partial charge in [0.2, 0.25) is 0 Å². The molecule has 0 fully saturated rings. The van der Waals surface area contributed by atoms with Gasteiger partial charge in [-0.2, -0.15) is 0 Å². The molecule has 20 heavy (non-hydrogen) atoms. The molecule has 102 valence electrons. The van der Waals surface area contributed by atoms with Crippen molar-refractivity contribution in [2.24, 2.45) is 0 Å². The summed E-state index contributed by atoms with van der Waals surface area (Å²) in [4.78, 5) is 3.25. The lowest BCUT2D eigenvalue weighted by Gasteiger charge is -2.06. The molecule has 0 amide bonds. The first-order chi connectivity index (χ1) is 9.67. The van der Waals surface area contributed by atoms with Crippen molar-refractivity contribution >= 4 is 39.2 Å². The van der Waals surface area contributed by atoms with Crippen LogP contribution < -0.4 is 0 Å². The zero-order valence-corrected chi connectivity index (χ0v) is 13.6. The lowest BCUT2D eigenvalue weighted by molar-refractivity contribution is 0.809. The molecule has 0 saturated carbocycles. The number of H-pyrrole nitrogens is 1. The van der Waals surface area contributed by atoms with Gasteiger partial charge in [0, 0.05) is 4.47 Å². The number of imidazole rings is 1. The van der Waals surface area contributed by atoms with Crippen molar-refractivity contribution in [3.8, 4) is 0 Å². The highest BCUT2D eigenvalue weighted by molar-refractivity contribution is 9.10. The van der Waals surface area contributed by atoms with E-state index in [-0.39, 0.29) is 0 Å². The van der Waals surface area contributed by atoms with Crippen LogP contribution in [0, 0.1) is 4.77 Å². The van der Waals surface area contributed by atoms with Gasteiger partial charge < -0.3 is 9.55 Å². The number of benzene rings is 2. The Morgan fingerprint density at radius 2 is 1.80 bits per heavy atom. The number of rotatable bonds is 3. The van der Waals surface area contributed by atoms with E-state index in [1.807, 2.05) is 12.1 Å². The van der Waals surface area contributed by atoms with E-state index >= 15 is 0 Å². The van der Waals surface area contributed by atoms with Gasteiger partial charge in [0.05, 0.1) is 17.6 Å². The molecule has 0 saturated heterocycles. The predicted molar refractivity (Wildman–Crippen MR) is 89.7 cm³/mol. The van der Waals surface area contributed by atoms with Crippen LogP contribution in [0.2, 0.25) is 0 Å². The van der Waals surface area contributed by atoms with E-state index in [0.29, 0.717) is 0 Å². The normalized spacial score (nSPS) is 11.1. The van der Waals surface area contributed by atoms with Crippen LogP contribution in [0.25, 0.3) is 11.0 Å². The molecule has 0 bridgehead atoms. The maximum atomic E-state index is 5.44. The topological polar surface area (TPSA) is 20.7 Å². The van der Waals surface area contributed by atoms with Crippen molar-refractivity contribution in [1.82, 2.24) is 9.55 Å². The van der Waals surface area contributed by atoms with Gasteiger partial charge in [0.15, 0.2) is 4.77 Å². The van der Waals surface area contributed by atoms with Gasteiger partial charge in [-0.25, -0.2) is 0 Å². The van der Waals surface area contributed by atoms with Crippen LogP contribution in [0.3, 0.4) is 0 Å². The fraction of sp³-hybridized carbons (Fsp3) is 0.188. The molecule has 0 atom stereocenters. The van der Waals surface area contributed by atoms with Crippen LogP contribution >= 0.6 is 28.1 Å². The molecule has 0 aliphatic carbocycles. The Hall–Kier alpha value is -1.39. The highest BCUT2D eigenvalue weighted by atomic mass is 79.9. The highest BCUT2D eigenvalue weighted by Gasteiger charge is 2.05. The summed E-state index contributed by atoms with van der Waals surface area (Å²) >= 11 is 8.95. The van der Waals surface area contributed by atoms with E-state index in [2.05, 4.69) is 62.7 Å². The molecule has 0 unspecified atom stereocenters. The number of aryl methyl sites for hydroxylation is 1. The first kappa shape index (κ1) is 13.6. The third-order valence-electron chi connectivity index (χ3n) is 3.51. The fourth-order valence-electron chi connectivity index (χ4n) is 2.35. The van der Waals surface area contributed by atoms with Gasteiger partial charge in [-0.1, -0.05) is 47.1 Å². The van der Waals surface area contributed by atoms with Crippen LogP contribution in [-0.4, -0.2) is 9.55 Å². The summed E-state index contributed by atoms with van der Waals surface area (Å²) in [6, 6.07) is 14.9. The van der Waals surface area contributed by atoms with Crippen LogP contribution in [0.15, 0.2) is 46.9 Å². The minimum absolute atomic E-state index is 0.762. The molecule has 0 aliphatic rings. The Morgan fingerprint density at radius 1 is 1.10 bits per heavy atom. The van der Waals surface area contributed by atoms with Crippen LogP contribution in [-0.2, 0) is 13.0 Å². The van der Waals surface area contributed by atoms with E-state index in [4.69, 9.17) is 12.2 Å². The van der Waals surface area contributed by atoms with Crippen LogP contribution in [0.5, 0.6) is 0 Å². The predicted octanol–water partition coefficient (Wildman–Crippen LogP) is 5.07. The second kappa shape index (κ2) is 5.54. The third kappa shape index (κ3) is 2.58. The van der Waals surface area contributed by atoms with Gasteiger partial charge >= 0.3 is 0 Å². The Kier molecular flexibility index (Phi) is 3.76. The molecule has 4 heteroatoms. The second-order valence-corrected chi connectivity index (χ2v) is 6.15. The number of aromatic amines is 1. The van der Waals surface area contributed by atoms with E-state index < -0.39 is 0 Å². The van der Waals surface area contributed by atoms with Gasteiger partial charge in [-0.3, -0.25) is 0 Å². The van der Waals surface area contributed by atoms with E-state index in [9.17, 15) is 0 Å². The van der Waals surface area contributed by atoms with Crippen molar-refractivity contribution in [2.75, 3.05) is 0 Å². The minimum atomic E-state index is 0.762. The number of fused-ring (bicyclic) bond motifs is 1. The minimum Gasteiger partial charge on any atom is -0.331 e. The summed E-state index contributed by atoms with van der Waals surface area (Å²) < 4.78 is 3.96. The first-order valence-electron chi connectivity index (χ1n) is 6.63. The number of nitrogens with zero attached hydrogens (tertiary/aromatic N) is 1. The summed E-state index contributed by atoms with van der Waals surface area (Å²) in [7, 11) is 0. The van der Waals surface area contributed by atoms with E-state index in [0.717, 1.165) is 33.2 Å². The maximum absolute atomic E-state index is 5.44. The molecule has 2 aromatic carbocycles. The van der Waals surface area contributed by atoms with Crippen molar-refractivity contribution in [1.29, 1.82) is 0 Å². The molecule has 0 spiro atoms. The van der Waals surface area contributed by atoms with Gasteiger partial charge in [-0.05, 0) is 48.0 Å². The number of hydrogen-bond donors (Lipinski definition) is 1. The molecular formula is C16H15BrN2S. The summed E-state index contributed by atoms with van der Waals surface area (Å²) in [5, 5.41) is 0. The Balaban J connectivity index is 2.03. The molecule has 0 aliphatic heterocycles. The second-order valence-electron chi connectivity index (χ2n) is 4.85. The lowest BCUT2D eigenvalue weighted by atomic mass is 10.1. The standard InChI is InChI=1S/C16H15BrN2S/c1-2-11-3-5-12(6-4-11)10-19-15-9-13(17)7-8-14(15)18-16(19)20/h3-9H,2,10H2,1H3,(H,18,20). The molecule has 1 N–H and O–H groups in total. The van der Waals surface area contributed by atoms with Crippen LogP contribution in [0.1, 0.15) is 18.1 Å². The Labute approximate surface area is 131 Å². The fourth-order valence-corrected chi connectivity index (χ4v) is 2.97. The first-order valence-corrected chi connectivity index (χ1v) is 7.83. The summed E-state index contributed by atoms with van der Waals surface area (Å²) in [5.41, 5.74) is 4.82. The summed E-state index contributed by atoms with van der Waals surface area (Å²) in [6.45, 7) is 2.96. The monoisotopic (exact) mass is 346 g/mol. The average Bonchev–Trinajstić information content (AvgIpc) is 2.76. The average molecular weight is 347 g/mol. The number of aromatic nitrogens is 2. The number of nitrogens with one attached hydrogen (secondary N) is 1. The Bertz CT molecular complexity index is 799. The SMILES string of the molecule is CCc1ccc(Cn2c(=S)[nH]c3ccc(Br)cc32)cc1. The number of halogens is 1. The van der Waals surface area contributed by atoms with Crippen molar-refractivity contribution < 1.29 is 0 Å². The zero-order valence-electron chi connectivity index (χ0n) is 11.2. The molecule has 1 aromatic heterocycles. The van der Waals surface area contributed by atoms with Gasteiger partial charge in [-0.15, -0.1) is 0 Å². The van der Waals surface area contributed by atoms with Crippen LogP contribution in [0.4, 0.5) is 0 Å². The van der Waals surface area contributed by atoms with Gasteiger partial charge in [0.25, 0.3) is 0 Å². The summed E-state index contributed by atoms with van der Waals surface area (Å²) in [5.74, 6) is 0. The van der Waals surface area contributed by atoms with E-state index in [1.165, 1.54) is 11.1 Å². The zero-order chi connectivity index (χ0) is 14.1. The number of hydrogen-bond acceptors (Lipinski definition) is 1. The van der Waals surface area contributed by atoms with Crippen molar-refractivity contribution in [3.05, 3.63) is 62.8 Å².